The van der Waals surface area contributed by atoms with Gasteiger partial charge in [-0.15, -0.1) is 0 Å². The van der Waals surface area contributed by atoms with Gasteiger partial charge in [0.25, 0.3) is 0 Å². The van der Waals surface area contributed by atoms with Crippen LogP contribution in [0.25, 0.3) is 0 Å². The van der Waals surface area contributed by atoms with Crippen molar-refractivity contribution < 1.29 is 8.85 Å². The number of rotatable bonds is 13. The molecule has 0 saturated carbocycles. The quantitative estimate of drug-likeness (QED) is 0.342. The summed E-state index contributed by atoms with van der Waals surface area (Å²) in [7, 11) is -3.17. The average molecular weight is 389 g/mol. The predicted molar refractivity (Wildman–Crippen MR) is 114 cm³/mol. The van der Waals surface area contributed by atoms with Gasteiger partial charge in [-0.05, 0) is 65.3 Å². The van der Waals surface area contributed by atoms with Gasteiger partial charge in [0, 0.05) is 26.3 Å². The van der Waals surface area contributed by atoms with Gasteiger partial charge in [-0.1, -0.05) is 32.5 Å². The molecule has 0 amide bonds. The Balaban J connectivity index is 2.37. The summed E-state index contributed by atoms with van der Waals surface area (Å²) in [4.78, 5) is 2.67. The van der Waals surface area contributed by atoms with Crippen molar-refractivity contribution in [1.82, 2.24) is 9.47 Å². The van der Waals surface area contributed by atoms with Crippen LogP contribution in [0.5, 0.6) is 0 Å². The number of piperidine rings is 1. The predicted octanol–water partition coefficient (Wildman–Crippen LogP) is 4.53. The maximum Gasteiger partial charge on any atom is 0.334 e. The van der Waals surface area contributed by atoms with Gasteiger partial charge >= 0.3 is 8.56 Å². The van der Waals surface area contributed by atoms with Crippen molar-refractivity contribution in [2.45, 2.75) is 78.2 Å². The third kappa shape index (κ3) is 9.68. The van der Waals surface area contributed by atoms with Crippen molar-refractivity contribution in [1.29, 1.82) is 0 Å². The normalized spacial score (nSPS) is 17.4. The molecule has 0 bridgehead atoms. The van der Waals surface area contributed by atoms with E-state index in [9.17, 15) is 0 Å². The zero-order chi connectivity index (χ0) is 18.8. The SMILES string of the molecule is CCO[Si](C)(CCCCN(CCN1CCCCC1)[Si](C)(C)C)OCC. The van der Waals surface area contributed by atoms with Gasteiger partial charge < -0.3 is 18.3 Å². The lowest BCUT2D eigenvalue weighted by molar-refractivity contribution is 0.187. The fraction of sp³-hybridized carbons (Fsp3) is 1.00. The zero-order valence-corrected chi connectivity index (χ0v) is 19.9. The molecule has 1 saturated heterocycles. The topological polar surface area (TPSA) is 24.9 Å². The average Bonchev–Trinajstić information content (AvgIpc) is 2.54. The van der Waals surface area contributed by atoms with Crippen molar-refractivity contribution in [3.63, 3.8) is 0 Å². The molecule has 1 fully saturated rings. The Bertz CT molecular complexity index is 339. The van der Waals surface area contributed by atoms with Gasteiger partial charge in [-0.2, -0.15) is 0 Å². The van der Waals surface area contributed by atoms with E-state index in [0.717, 1.165) is 19.3 Å². The summed E-state index contributed by atoms with van der Waals surface area (Å²) in [5.74, 6) is 0. The Labute approximate surface area is 159 Å². The van der Waals surface area contributed by atoms with Crippen LogP contribution in [0.2, 0.25) is 32.2 Å². The fourth-order valence-electron chi connectivity index (χ4n) is 3.77. The minimum absolute atomic E-state index is 0.777. The van der Waals surface area contributed by atoms with Crippen LogP contribution in [0.4, 0.5) is 0 Å². The summed E-state index contributed by atoms with van der Waals surface area (Å²) in [5.41, 5.74) is 0. The Hall–Kier alpha value is 0.274. The molecule has 0 spiro atoms. The lowest BCUT2D eigenvalue weighted by atomic mass is 10.1. The van der Waals surface area contributed by atoms with E-state index in [1.165, 1.54) is 64.8 Å². The first-order valence-corrected chi connectivity index (χ1v) is 16.5. The summed E-state index contributed by atoms with van der Waals surface area (Å²) in [5, 5.41) is 0. The van der Waals surface area contributed by atoms with Gasteiger partial charge in [-0.25, -0.2) is 0 Å². The molecule has 0 aromatic rings. The lowest BCUT2D eigenvalue weighted by Crippen LogP contribution is -2.50. The Morgan fingerprint density at radius 3 is 1.96 bits per heavy atom. The van der Waals surface area contributed by atoms with Crippen LogP contribution in [0.15, 0.2) is 0 Å². The number of nitrogens with zero attached hydrogens (tertiary/aromatic N) is 2. The summed E-state index contributed by atoms with van der Waals surface area (Å²) in [6, 6.07) is 1.13. The highest BCUT2D eigenvalue weighted by Crippen LogP contribution is 2.19. The minimum atomic E-state index is -1.93. The van der Waals surface area contributed by atoms with Gasteiger partial charge in [0.15, 0.2) is 0 Å². The van der Waals surface area contributed by atoms with Crippen LogP contribution in [0.3, 0.4) is 0 Å². The first-order valence-electron chi connectivity index (χ1n) is 10.6. The van der Waals surface area contributed by atoms with E-state index in [2.05, 4.69) is 49.5 Å². The molecule has 4 nitrogen and oxygen atoms in total. The van der Waals surface area contributed by atoms with Crippen LogP contribution >= 0.6 is 0 Å². The molecule has 150 valence electrons. The number of likely N-dealkylation sites (tertiary alicyclic amines) is 1. The number of hydrogen-bond donors (Lipinski definition) is 0. The molecule has 0 aliphatic carbocycles. The molecule has 1 aliphatic rings. The molecular weight excluding hydrogens is 344 g/mol. The molecule has 0 aromatic carbocycles. The standard InChI is InChI=1S/C19H44N2O2Si2/c1-7-22-25(6,23-8-2)19-13-12-16-21(24(3,4)5)18-17-20-14-10-9-11-15-20/h7-19H2,1-6H3. The molecule has 1 aliphatic heterocycles. The van der Waals surface area contributed by atoms with Crippen molar-refractivity contribution in [3.8, 4) is 0 Å². The van der Waals surface area contributed by atoms with Crippen molar-refractivity contribution in [2.75, 3.05) is 45.9 Å². The minimum Gasteiger partial charge on any atom is -0.395 e. The monoisotopic (exact) mass is 388 g/mol. The second kappa shape index (κ2) is 11.9. The van der Waals surface area contributed by atoms with Crippen LogP contribution in [-0.4, -0.2) is 72.2 Å². The molecule has 1 rings (SSSR count). The molecule has 6 heteroatoms. The summed E-state index contributed by atoms with van der Waals surface area (Å²) >= 11 is 0. The highest BCUT2D eigenvalue weighted by atomic mass is 28.4. The summed E-state index contributed by atoms with van der Waals surface area (Å²) < 4.78 is 14.8. The largest absolute Gasteiger partial charge is 0.395 e. The second-order valence-electron chi connectivity index (χ2n) is 8.52. The van der Waals surface area contributed by atoms with Gasteiger partial charge in [-0.3, -0.25) is 0 Å². The molecule has 0 aromatic heterocycles. The number of unbranched alkanes of at least 4 members (excludes halogenated alkanes) is 1. The number of hydrogen-bond acceptors (Lipinski definition) is 4. The van der Waals surface area contributed by atoms with Gasteiger partial charge in [0.05, 0.1) is 0 Å². The van der Waals surface area contributed by atoms with Crippen LogP contribution in [0.1, 0.15) is 46.0 Å². The van der Waals surface area contributed by atoms with Gasteiger partial charge in [0.2, 0.25) is 0 Å². The van der Waals surface area contributed by atoms with Gasteiger partial charge in [0.1, 0.15) is 8.24 Å². The third-order valence-corrected chi connectivity index (χ3v) is 10.7. The molecule has 0 unspecified atom stereocenters. The maximum atomic E-state index is 5.98. The Morgan fingerprint density at radius 2 is 1.44 bits per heavy atom. The van der Waals surface area contributed by atoms with Crippen molar-refractivity contribution >= 4 is 16.8 Å². The highest BCUT2D eigenvalue weighted by Gasteiger charge is 2.30. The first-order chi connectivity index (χ1) is 11.8. The molecular formula is C19H44N2O2Si2. The Kier molecular flexibility index (Phi) is 11.1. The summed E-state index contributed by atoms with van der Waals surface area (Å²) in [6.45, 7) is 21.8. The van der Waals surface area contributed by atoms with E-state index >= 15 is 0 Å². The van der Waals surface area contributed by atoms with Crippen LogP contribution < -0.4 is 0 Å². The van der Waals surface area contributed by atoms with E-state index in [1.807, 2.05) is 0 Å². The molecule has 0 N–H and O–H groups in total. The zero-order valence-electron chi connectivity index (χ0n) is 17.9. The first kappa shape index (κ1) is 23.3. The van der Waals surface area contributed by atoms with E-state index in [-0.39, 0.29) is 0 Å². The van der Waals surface area contributed by atoms with E-state index in [0.29, 0.717) is 0 Å². The van der Waals surface area contributed by atoms with E-state index in [4.69, 9.17) is 8.85 Å². The molecule has 25 heavy (non-hydrogen) atoms. The second-order valence-corrected chi connectivity index (χ2v) is 16.8. The molecule has 1 heterocycles. The van der Waals surface area contributed by atoms with E-state index in [1.54, 1.807) is 0 Å². The van der Waals surface area contributed by atoms with Crippen LogP contribution in [0, 0.1) is 0 Å². The highest BCUT2D eigenvalue weighted by molar-refractivity contribution is 6.73. The molecule has 0 atom stereocenters. The molecule has 0 radical (unpaired) electrons. The Morgan fingerprint density at radius 1 is 0.840 bits per heavy atom. The van der Waals surface area contributed by atoms with Crippen molar-refractivity contribution in [3.05, 3.63) is 0 Å². The van der Waals surface area contributed by atoms with E-state index < -0.39 is 16.8 Å². The maximum absolute atomic E-state index is 5.98. The summed E-state index contributed by atoms with van der Waals surface area (Å²) in [6.07, 6.45) is 6.72. The third-order valence-electron chi connectivity index (χ3n) is 5.29. The fourth-order valence-corrected chi connectivity index (χ4v) is 7.86. The smallest absolute Gasteiger partial charge is 0.334 e. The lowest BCUT2D eigenvalue weighted by Gasteiger charge is -2.37. The van der Waals surface area contributed by atoms with Crippen molar-refractivity contribution in [2.24, 2.45) is 0 Å². The van der Waals surface area contributed by atoms with Crippen LogP contribution in [-0.2, 0) is 8.85 Å².